The van der Waals surface area contributed by atoms with E-state index in [0.717, 1.165) is 11.1 Å². The molecule has 0 saturated carbocycles. The van der Waals surface area contributed by atoms with Crippen LogP contribution in [-0.2, 0) is 6.42 Å². The van der Waals surface area contributed by atoms with Crippen LogP contribution in [0.2, 0.25) is 0 Å². The topological polar surface area (TPSA) is 102 Å². The minimum Gasteiger partial charge on any atom is -0.378 e. The van der Waals surface area contributed by atoms with E-state index in [9.17, 15) is 9.59 Å². The molecule has 2 aliphatic rings. The van der Waals surface area contributed by atoms with Crippen LogP contribution in [0.1, 0.15) is 38.3 Å². The highest BCUT2D eigenvalue weighted by Gasteiger charge is 2.31. The minimum absolute atomic E-state index is 0.0821. The molecule has 2 amide bonds. The molecule has 0 unspecified atom stereocenters. The van der Waals surface area contributed by atoms with Crippen molar-refractivity contribution in [3.63, 3.8) is 0 Å². The Morgan fingerprint density at radius 2 is 2.10 bits per heavy atom. The van der Waals surface area contributed by atoms with Gasteiger partial charge in [-0.05, 0) is 47.7 Å². The number of nitrogens with two attached hydrogens (primary N) is 1. The van der Waals surface area contributed by atoms with Gasteiger partial charge >= 0.3 is 0 Å². The number of amides is 2. The fraction of sp³-hybridized carbons (Fsp3) is 0.318. The normalized spacial score (nSPS) is 16.6. The number of anilines is 1. The van der Waals surface area contributed by atoms with Gasteiger partial charge in [0, 0.05) is 49.9 Å². The Kier molecular flexibility index (Phi) is 4.82. The first kappa shape index (κ1) is 19.7. The number of carbonyl (C=O) groups excluding carboxylic acids is 2. The molecule has 7 nitrogen and oxygen atoms in total. The fourth-order valence-electron chi connectivity index (χ4n) is 4.27. The van der Waals surface area contributed by atoms with Crippen molar-refractivity contribution in [3.05, 3.63) is 52.3 Å². The first-order chi connectivity index (χ1) is 14.3. The molecular weight excluding hydrogens is 385 g/mol. The van der Waals surface area contributed by atoms with Crippen molar-refractivity contribution in [2.45, 2.75) is 18.9 Å². The van der Waals surface area contributed by atoms with E-state index in [2.05, 4.69) is 11.5 Å². The number of hydrogen-bond acceptors (Lipinski definition) is 5. The van der Waals surface area contributed by atoms with Crippen molar-refractivity contribution in [2.24, 2.45) is 5.73 Å². The van der Waals surface area contributed by atoms with Crippen molar-refractivity contribution in [1.82, 2.24) is 9.80 Å². The molecule has 1 aliphatic heterocycles. The third-order valence-electron chi connectivity index (χ3n) is 5.73. The van der Waals surface area contributed by atoms with Crippen LogP contribution in [0.5, 0.6) is 0 Å². The highest BCUT2D eigenvalue weighted by Crippen LogP contribution is 2.45. The number of nitrogens with one attached hydrogen (secondary N) is 1. The van der Waals surface area contributed by atoms with Crippen molar-refractivity contribution in [1.29, 1.82) is 5.26 Å². The Morgan fingerprint density at radius 1 is 1.33 bits per heavy atom. The molecule has 1 atom stereocenters. The summed E-state index contributed by atoms with van der Waals surface area (Å²) in [6, 6.07) is 6.39. The number of likely N-dealkylation sites (tertiary alicyclic amines) is 1. The van der Waals surface area contributed by atoms with Crippen molar-refractivity contribution >= 4 is 17.5 Å². The van der Waals surface area contributed by atoms with Gasteiger partial charge in [-0.15, -0.1) is 0 Å². The second kappa shape index (κ2) is 7.34. The van der Waals surface area contributed by atoms with Crippen LogP contribution in [0, 0.1) is 17.3 Å². The summed E-state index contributed by atoms with van der Waals surface area (Å²) in [5, 5.41) is 12.3. The van der Waals surface area contributed by atoms with Crippen molar-refractivity contribution in [3.8, 4) is 17.3 Å². The van der Waals surface area contributed by atoms with E-state index < -0.39 is 11.7 Å². The summed E-state index contributed by atoms with van der Waals surface area (Å²) in [4.78, 5) is 27.5. The van der Waals surface area contributed by atoms with Crippen LogP contribution in [0.15, 0.2) is 24.3 Å². The summed E-state index contributed by atoms with van der Waals surface area (Å²) < 4.78 is 15.1. The third-order valence-corrected chi connectivity index (χ3v) is 5.73. The largest absolute Gasteiger partial charge is 0.378 e. The van der Waals surface area contributed by atoms with Gasteiger partial charge in [0.15, 0.2) is 6.19 Å². The quantitative estimate of drug-likeness (QED) is 0.646. The minimum atomic E-state index is -0.689. The van der Waals surface area contributed by atoms with Gasteiger partial charge in [-0.3, -0.25) is 9.59 Å². The molecule has 1 fully saturated rings. The molecule has 0 aromatic heterocycles. The fourth-order valence-corrected chi connectivity index (χ4v) is 4.27. The number of halogens is 1. The first-order valence-electron chi connectivity index (χ1n) is 9.71. The van der Waals surface area contributed by atoms with Crippen LogP contribution in [-0.4, -0.2) is 54.8 Å². The van der Waals surface area contributed by atoms with Gasteiger partial charge in [0.25, 0.3) is 5.91 Å². The van der Waals surface area contributed by atoms with Crippen LogP contribution in [0.25, 0.3) is 11.1 Å². The summed E-state index contributed by atoms with van der Waals surface area (Å²) in [6.07, 6.45) is 3.22. The molecule has 0 spiro atoms. The number of hydrogen-bond donors (Lipinski definition) is 2. The lowest BCUT2D eigenvalue weighted by molar-refractivity contribution is 0.0827. The van der Waals surface area contributed by atoms with Gasteiger partial charge in [-0.25, -0.2) is 4.39 Å². The monoisotopic (exact) mass is 407 g/mol. The molecule has 0 bridgehead atoms. The highest BCUT2D eigenvalue weighted by molar-refractivity contribution is 6.02. The zero-order valence-electron chi connectivity index (χ0n) is 16.8. The van der Waals surface area contributed by atoms with Gasteiger partial charge in [0.1, 0.15) is 5.82 Å². The third kappa shape index (κ3) is 3.22. The first-order valence-corrected chi connectivity index (χ1v) is 9.71. The number of carbonyl (C=O) groups is 2. The SMILES string of the molecule is CN(C)C(=O)c1ccc2c(c1)Cc1c(C(N)=O)cc(F)c(N[C@H]3CCN(C#N)C3)c1-2. The standard InChI is InChI=1S/C22H22FN5O2/c1-27(2)22(30)12-3-4-15-13(7-12)8-16-17(21(25)29)9-18(23)20(19(15)16)26-14-5-6-28(10-14)11-24/h3-4,7,9,14,26H,5-6,8,10H2,1-2H3,(H2,25,29)/t14-/m0/s1. The van der Waals surface area contributed by atoms with Gasteiger partial charge in [0.2, 0.25) is 5.91 Å². The van der Waals surface area contributed by atoms with E-state index in [1.807, 2.05) is 0 Å². The second-order valence-electron chi connectivity index (χ2n) is 7.92. The molecular formula is C22H22FN5O2. The lowest BCUT2D eigenvalue weighted by Crippen LogP contribution is -2.24. The molecule has 3 N–H and O–H groups in total. The summed E-state index contributed by atoms with van der Waals surface area (Å²) >= 11 is 0. The van der Waals surface area contributed by atoms with Crippen LogP contribution < -0.4 is 11.1 Å². The number of rotatable bonds is 4. The number of benzene rings is 2. The van der Waals surface area contributed by atoms with E-state index in [-0.39, 0.29) is 17.5 Å². The summed E-state index contributed by atoms with van der Waals surface area (Å²) in [5.74, 6) is -1.37. The maximum absolute atomic E-state index is 15.1. The van der Waals surface area contributed by atoms with E-state index in [0.29, 0.717) is 48.3 Å². The van der Waals surface area contributed by atoms with E-state index in [4.69, 9.17) is 11.0 Å². The molecule has 2 aromatic carbocycles. The van der Waals surface area contributed by atoms with Gasteiger partial charge in [0.05, 0.1) is 5.69 Å². The maximum Gasteiger partial charge on any atom is 0.253 e. The molecule has 1 saturated heterocycles. The number of nitriles is 1. The predicted octanol–water partition coefficient (Wildman–Crippen LogP) is 2.16. The Morgan fingerprint density at radius 3 is 2.73 bits per heavy atom. The van der Waals surface area contributed by atoms with Crippen molar-refractivity contribution in [2.75, 3.05) is 32.5 Å². The number of primary amides is 1. The molecule has 2 aromatic rings. The van der Waals surface area contributed by atoms with Gasteiger partial charge < -0.3 is 20.9 Å². The summed E-state index contributed by atoms with van der Waals surface area (Å²) in [6.45, 7) is 1.11. The molecule has 8 heteroatoms. The average molecular weight is 407 g/mol. The van der Waals surface area contributed by atoms with Gasteiger partial charge in [-0.2, -0.15) is 5.26 Å². The Hall–Kier alpha value is -3.60. The molecule has 4 rings (SSSR count). The zero-order valence-corrected chi connectivity index (χ0v) is 16.8. The Bertz CT molecular complexity index is 1110. The average Bonchev–Trinajstić information content (AvgIpc) is 3.32. The summed E-state index contributed by atoms with van der Waals surface area (Å²) in [7, 11) is 3.36. The lowest BCUT2D eigenvalue weighted by Gasteiger charge is -2.19. The molecule has 0 radical (unpaired) electrons. The summed E-state index contributed by atoms with van der Waals surface area (Å²) in [5.41, 5.74) is 9.41. The molecule has 154 valence electrons. The second-order valence-corrected chi connectivity index (χ2v) is 7.92. The smallest absolute Gasteiger partial charge is 0.253 e. The molecule has 1 heterocycles. The molecule has 30 heavy (non-hydrogen) atoms. The van der Waals surface area contributed by atoms with Crippen LogP contribution in [0.3, 0.4) is 0 Å². The van der Waals surface area contributed by atoms with Crippen LogP contribution >= 0.6 is 0 Å². The van der Waals surface area contributed by atoms with E-state index >= 15 is 4.39 Å². The van der Waals surface area contributed by atoms with Gasteiger partial charge in [-0.1, -0.05) is 6.07 Å². The zero-order chi connectivity index (χ0) is 21.6. The number of nitrogens with zero attached hydrogens (tertiary/aromatic N) is 3. The lowest BCUT2D eigenvalue weighted by atomic mass is 9.97. The predicted molar refractivity (Wildman–Crippen MR) is 110 cm³/mol. The number of fused-ring (bicyclic) bond motifs is 3. The Labute approximate surface area is 173 Å². The maximum atomic E-state index is 15.1. The highest BCUT2D eigenvalue weighted by atomic mass is 19.1. The van der Waals surface area contributed by atoms with Crippen LogP contribution in [0.4, 0.5) is 10.1 Å². The molecule has 1 aliphatic carbocycles. The Balaban J connectivity index is 1.81. The van der Waals surface area contributed by atoms with E-state index in [1.165, 1.54) is 11.0 Å². The van der Waals surface area contributed by atoms with Crippen molar-refractivity contribution < 1.29 is 14.0 Å². The van der Waals surface area contributed by atoms with E-state index in [1.54, 1.807) is 37.2 Å².